The fourth-order valence-corrected chi connectivity index (χ4v) is 7.98. The minimum absolute atomic E-state index is 0.0311. The van der Waals surface area contributed by atoms with Crippen molar-refractivity contribution in [2.24, 2.45) is 17.8 Å². The van der Waals surface area contributed by atoms with Crippen molar-refractivity contribution in [3.63, 3.8) is 0 Å². The van der Waals surface area contributed by atoms with Gasteiger partial charge in [0.05, 0.1) is 6.61 Å². The number of urea groups is 1. The number of ether oxygens (including phenoxy) is 1. The molecule has 0 radical (unpaired) electrons. The van der Waals surface area contributed by atoms with Gasteiger partial charge in [-0.15, -0.1) is 0 Å². The number of nitrogens with zero attached hydrogens (tertiary/aromatic N) is 2. The molecule has 4 aliphatic rings. The number of aromatic amines is 1. The Balaban J connectivity index is 1.17. The summed E-state index contributed by atoms with van der Waals surface area (Å²) in [5.74, 6) is 1.70. The van der Waals surface area contributed by atoms with E-state index in [1.54, 1.807) is 29.0 Å². The minimum atomic E-state index is -0.308. The Hall–Kier alpha value is -3.39. The predicted molar refractivity (Wildman–Crippen MR) is 157 cm³/mol. The quantitative estimate of drug-likeness (QED) is 0.325. The lowest BCUT2D eigenvalue weighted by Crippen LogP contribution is -2.62. The Morgan fingerprint density at radius 2 is 1.66 bits per heavy atom. The van der Waals surface area contributed by atoms with Crippen LogP contribution in [0, 0.1) is 23.6 Å². The maximum absolute atomic E-state index is 13.9. The summed E-state index contributed by atoms with van der Waals surface area (Å²) < 4.78 is 18.9. The molecule has 0 spiro atoms. The third-order valence-electron chi connectivity index (χ3n) is 9.55. The van der Waals surface area contributed by atoms with Crippen molar-refractivity contribution in [2.45, 2.75) is 57.0 Å². The Kier molecular flexibility index (Phi) is 8.02. The molecule has 0 saturated heterocycles. The average molecular weight is 561 g/mol. The summed E-state index contributed by atoms with van der Waals surface area (Å²) in [4.78, 5) is 34.3. The number of para-hydroxylation sites is 1. The molecule has 4 aliphatic carbocycles. The van der Waals surface area contributed by atoms with Crippen LogP contribution < -0.4 is 5.32 Å². The fourth-order valence-electron chi connectivity index (χ4n) is 7.98. The monoisotopic (exact) mass is 560 g/mol. The molecule has 0 aliphatic heterocycles. The first-order valence-corrected chi connectivity index (χ1v) is 15.0. The van der Waals surface area contributed by atoms with Crippen molar-refractivity contribution in [2.75, 3.05) is 33.4 Å². The molecule has 2 aromatic carbocycles. The lowest BCUT2D eigenvalue weighted by molar-refractivity contribution is -0.132. The SMILES string of the molecule is COCCN(CC(=O)N(CCc1c[nH]c2ccccc12)Cc1ccc(F)cc1)C(=O)NC12CC3CC(CC(C3)C1)C2. The molecular weight excluding hydrogens is 519 g/mol. The summed E-state index contributed by atoms with van der Waals surface area (Å²) in [5.41, 5.74) is 2.91. The molecule has 41 heavy (non-hydrogen) atoms. The van der Waals surface area contributed by atoms with Gasteiger partial charge in [-0.05, 0) is 92.0 Å². The first-order chi connectivity index (χ1) is 19.9. The lowest BCUT2D eigenvalue weighted by Gasteiger charge is -2.57. The highest BCUT2D eigenvalue weighted by Gasteiger charge is 2.51. The Morgan fingerprint density at radius 3 is 2.34 bits per heavy atom. The van der Waals surface area contributed by atoms with E-state index in [2.05, 4.69) is 16.4 Å². The molecule has 4 bridgehead atoms. The van der Waals surface area contributed by atoms with Crippen molar-refractivity contribution in [3.05, 3.63) is 71.7 Å². The molecule has 7 rings (SSSR count). The molecule has 218 valence electrons. The van der Waals surface area contributed by atoms with Gasteiger partial charge < -0.3 is 24.8 Å². The summed E-state index contributed by atoms with van der Waals surface area (Å²) in [6.07, 6.45) is 9.72. The van der Waals surface area contributed by atoms with Crippen LogP contribution in [-0.2, 0) is 22.5 Å². The van der Waals surface area contributed by atoms with Crippen LogP contribution in [0.3, 0.4) is 0 Å². The van der Waals surface area contributed by atoms with Gasteiger partial charge in [-0.2, -0.15) is 0 Å². The van der Waals surface area contributed by atoms with Gasteiger partial charge in [0.2, 0.25) is 5.91 Å². The molecule has 4 saturated carbocycles. The van der Waals surface area contributed by atoms with Crippen LogP contribution >= 0.6 is 0 Å². The number of benzene rings is 2. The van der Waals surface area contributed by atoms with Gasteiger partial charge in [0.25, 0.3) is 0 Å². The molecule has 4 fully saturated rings. The number of rotatable bonds is 11. The number of hydrogen-bond donors (Lipinski definition) is 2. The lowest BCUT2D eigenvalue weighted by atomic mass is 9.53. The fraction of sp³-hybridized carbons (Fsp3) is 0.515. The molecule has 2 N–H and O–H groups in total. The first kappa shape index (κ1) is 27.8. The number of H-pyrrole nitrogens is 1. The van der Waals surface area contributed by atoms with Gasteiger partial charge in [-0.3, -0.25) is 4.79 Å². The van der Waals surface area contributed by atoms with E-state index in [1.165, 1.54) is 31.4 Å². The zero-order valence-electron chi connectivity index (χ0n) is 23.9. The number of aromatic nitrogens is 1. The van der Waals surface area contributed by atoms with Crippen LogP contribution in [0.1, 0.15) is 49.7 Å². The standard InChI is InChI=1S/C33H41FN4O3/c1-41-13-12-38(32(40)36-33-17-24-14-25(18-33)16-26(15-24)19-33)22-31(39)37(21-23-6-8-28(34)9-7-23)11-10-27-20-35-30-5-3-2-4-29(27)30/h2-9,20,24-26,35H,10-19,21-22H2,1H3,(H,36,40). The summed E-state index contributed by atoms with van der Waals surface area (Å²) in [5, 5.41) is 4.56. The third-order valence-corrected chi connectivity index (χ3v) is 9.55. The van der Waals surface area contributed by atoms with Crippen molar-refractivity contribution >= 4 is 22.8 Å². The Bertz CT molecular complexity index is 1340. The minimum Gasteiger partial charge on any atom is -0.383 e. The number of halogens is 1. The summed E-state index contributed by atoms with van der Waals surface area (Å²) in [6.45, 7) is 1.49. The van der Waals surface area contributed by atoms with Crippen LogP contribution in [0.15, 0.2) is 54.7 Å². The largest absolute Gasteiger partial charge is 0.383 e. The van der Waals surface area contributed by atoms with E-state index >= 15 is 0 Å². The number of carbonyl (C=O) groups is 2. The highest BCUT2D eigenvalue weighted by atomic mass is 19.1. The van der Waals surface area contributed by atoms with Crippen molar-refractivity contribution in [3.8, 4) is 0 Å². The van der Waals surface area contributed by atoms with E-state index in [0.717, 1.165) is 41.3 Å². The summed E-state index contributed by atoms with van der Waals surface area (Å²) in [7, 11) is 1.61. The van der Waals surface area contributed by atoms with Gasteiger partial charge in [0.1, 0.15) is 12.4 Å². The van der Waals surface area contributed by atoms with Gasteiger partial charge in [-0.25, -0.2) is 9.18 Å². The molecular formula is C33H41FN4O3. The van der Waals surface area contributed by atoms with Crippen molar-refractivity contribution in [1.82, 2.24) is 20.1 Å². The van der Waals surface area contributed by atoms with E-state index in [9.17, 15) is 14.0 Å². The van der Waals surface area contributed by atoms with Crippen LogP contribution in [0.5, 0.6) is 0 Å². The third kappa shape index (κ3) is 6.27. The number of amides is 3. The zero-order valence-corrected chi connectivity index (χ0v) is 23.9. The predicted octanol–water partition coefficient (Wildman–Crippen LogP) is 5.51. The van der Waals surface area contributed by atoms with Gasteiger partial charge in [0, 0.05) is 49.4 Å². The molecule has 3 amide bonds. The van der Waals surface area contributed by atoms with E-state index in [0.29, 0.717) is 50.4 Å². The van der Waals surface area contributed by atoms with Crippen LogP contribution in [-0.4, -0.2) is 65.6 Å². The highest BCUT2D eigenvalue weighted by Crippen LogP contribution is 2.55. The Labute approximate surface area is 241 Å². The van der Waals surface area contributed by atoms with Gasteiger partial charge in [0.15, 0.2) is 0 Å². The molecule has 1 heterocycles. The topological polar surface area (TPSA) is 77.7 Å². The summed E-state index contributed by atoms with van der Waals surface area (Å²) in [6, 6.07) is 14.2. The zero-order chi connectivity index (χ0) is 28.4. The van der Waals surface area contributed by atoms with Crippen LogP contribution in [0.4, 0.5) is 9.18 Å². The normalized spacial score (nSPS) is 24.5. The summed E-state index contributed by atoms with van der Waals surface area (Å²) >= 11 is 0. The average Bonchev–Trinajstić information content (AvgIpc) is 3.36. The number of nitrogens with one attached hydrogen (secondary N) is 2. The van der Waals surface area contributed by atoms with Crippen molar-refractivity contribution in [1.29, 1.82) is 0 Å². The number of methoxy groups -OCH3 is 1. The second-order valence-electron chi connectivity index (χ2n) is 12.6. The van der Waals surface area contributed by atoms with E-state index in [1.807, 2.05) is 24.4 Å². The highest BCUT2D eigenvalue weighted by molar-refractivity contribution is 5.85. The van der Waals surface area contributed by atoms with Crippen LogP contribution in [0.25, 0.3) is 10.9 Å². The van der Waals surface area contributed by atoms with Gasteiger partial charge >= 0.3 is 6.03 Å². The molecule has 0 unspecified atom stereocenters. The van der Waals surface area contributed by atoms with Crippen LogP contribution in [0.2, 0.25) is 0 Å². The molecule has 1 aromatic heterocycles. The maximum Gasteiger partial charge on any atom is 0.318 e. The molecule has 0 atom stereocenters. The molecule has 3 aromatic rings. The van der Waals surface area contributed by atoms with E-state index < -0.39 is 0 Å². The van der Waals surface area contributed by atoms with E-state index in [4.69, 9.17) is 4.74 Å². The number of hydrogen-bond acceptors (Lipinski definition) is 3. The first-order valence-electron chi connectivity index (χ1n) is 15.0. The molecule has 8 heteroatoms. The van der Waals surface area contributed by atoms with Gasteiger partial charge in [-0.1, -0.05) is 30.3 Å². The maximum atomic E-state index is 13.9. The number of fused-ring (bicyclic) bond motifs is 1. The van der Waals surface area contributed by atoms with E-state index in [-0.39, 0.29) is 29.8 Å². The smallest absolute Gasteiger partial charge is 0.318 e. The number of carbonyl (C=O) groups excluding carboxylic acids is 2. The Morgan fingerprint density at radius 1 is 0.976 bits per heavy atom. The second-order valence-corrected chi connectivity index (χ2v) is 12.6. The van der Waals surface area contributed by atoms with Crippen molar-refractivity contribution < 1.29 is 18.7 Å². The second kappa shape index (κ2) is 11.8. The molecule has 7 nitrogen and oxygen atoms in total.